The second-order valence-corrected chi connectivity index (χ2v) is 3.86. The van der Waals surface area contributed by atoms with Gasteiger partial charge in [0.25, 0.3) is 5.91 Å². The number of aromatic nitrogens is 1. The Labute approximate surface area is 81.0 Å². The Kier molecular flexibility index (Phi) is 1.61. The van der Waals surface area contributed by atoms with Gasteiger partial charge in [-0.05, 0) is 0 Å². The first-order valence-corrected chi connectivity index (χ1v) is 4.78. The Morgan fingerprint density at radius 2 is 2.57 bits per heavy atom. The van der Waals surface area contributed by atoms with E-state index >= 15 is 0 Å². The van der Waals surface area contributed by atoms with Crippen molar-refractivity contribution in [2.75, 3.05) is 19.6 Å². The number of rotatable bonds is 1. The van der Waals surface area contributed by atoms with Gasteiger partial charge < -0.3 is 14.7 Å². The van der Waals surface area contributed by atoms with Crippen LogP contribution in [0.1, 0.15) is 10.6 Å². The quantitative estimate of drug-likeness (QED) is 0.666. The van der Waals surface area contributed by atoms with E-state index in [4.69, 9.17) is 4.52 Å². The van der Waals surface area contributed by atoms with Gasteiger partial charge in [0.05, 0.1) is 6.20 Å². The number of likely N-dealkylation sites (tertiary alicyclic amines) is 1. The van der Waals surface area contributed by atoms with Gasteiger partial charge in [0.1, 0.15) is 0 Å². The minimum absolute atomic E-state index is 0.0429. The van der Waals surface area contributed by atoms with Crippen molar-refractivity contribution in [3.8, 4) is 0 Å². The zero-order valence-electron chi connectivity index (χ0n) is 7.64. The first-order valence-electron chi connectivity index (χ1n) is 4.78. The smallest absolute Gasteiger partial charge is 0.292 e. The monoisotopic (exact) mass is 193 g/mol. The number of carbonyl (C=O) groups is 1. The predicted molar refractivity (Wildman–Crippen MR) is 47.7 cm³/mol. The van der Waals surface area contributed by atoms with Gasteiger partial charge in [0.2, 0.25) is 5.76 Å². The molecule has 74 valence electrons. The van der Waals surface area contributed by atoms with E-state index in [9.17, 15) is 4.79 Å². The van der Waals surface area contributed by atoms with Crippen LogP contribution in [-0.4, -0.2) is 41.6 Å². The molecule has 1 amide bonds. The SMILES string of the molecule is O=C(c1ccno1)N1CC2CNC2C1. The highest BCUT2D eigenvalue weighted by Gasteiger charge is 2.41. The molecule has 1 aromatic heterocycles. The van der Waals surface area contributed by atoms with Crippen LogP contribution in [0.2, 0.25) is 0 Å². The third-order valence-corrected chi connectivity index (χ3v) is 3.02. The van der Waals surface area contributed by atoms with Crippen LogP contribution in [0.3, 0.4) is 0 Å². The highest BCUT2D eigenvalue weighted by atomic mass is 16.5. The van der Waals surface area contributed by atoms with Gasteiger partial charge in [-0.3, -0.25) is 4.79 Å². The van der Waals surface area contributed by atoms with Gasteiger partial charge in [-0.2, -0.15) is 0 Å². The molecule has 0 aliphatic carbocycles. The summed E-state index contributed by atoms with van der Waals surface area (Å²) in [5.74, 6) is 0.937. The van der Waals surface area contributed by atoms with Crippen molar-refractivity contribution in [2.45, 2.75) is 6.04 Å². The summed E-state index contributed by atoms with van der Waals surface area (Å²) in [6.07, 6.45) is 1.50. The van der Waals surface area contributed by atoms with E-state index in [2.05, 4.69) is 10.5 Å². The lowest BCUT2D eigenvalue weighted by Gasteiger charge is -2.29. The van der Waals surface area contributed by atoms with Crippen LogP contribution in [0.15, 0.2) is 16.8 Å². The molecule has 1 aromatic rings. The van der Waals surface area contributed by atoms with Crippen LogP contribution in [0.25, 0.3) is 0 Å². The normalized spacial score (nSPS) is 29.9. The van der Waals surface area contributed by atoms with E-state index in [0.717, 1.165) is 19.6 Å². The van der Waals surface area contributed by atoms with Crippen molar-refractivity contribution < 1.29 is 9.32 Å². The number of carbonyl (C=O) groups excluding carboxylic acids is 1. The van der Waals surface area contributed by atoms with Crippen molar-refractivity contribution in [3.63, 3.8) is 0 Å². The maximum Gasteiger partial charge on any atom is 0.292 e. The Bertz CT molecular complexity index is 337. The third-order valence-electron chi connectivity index (χ3n) is 3.02. The largest absolute Gasteiger partial charge is 0.351 e. The molecule has 3 rings (SSSR count). The molecular formula is C9H11N3O2. The minimum atomic E-state index is -0.0429. The van der Waals surface area contributed by atoms with E-state index in [-0.39, 0.29) is 5.91 Å². The fourth-order valence-electron chi connectivity index (χ4n) is 2.10. The number of nitrogens with one attached hydrogen (secondary N) is 1. The lowest BCUT2D eigenvalue weighted by molar-refractivity contribution is 0.0747. The van der Waals surface area contributed by atoms with Gasteiger partial charge in [0, 0.05) is 37.7 Å². The van der Waals surface area contributed by atoms with Gasteiger partial charge in [-0.15, -0.1) is 0 Å². The minimum Gasteiger partial charge on any atom is -0.351 e. The van der Waals surface area contributed by atoms with Crippen molar-refractivity contribution in [2.24, 2.45) is 5.92 Å². The van der Waals surface area contributed by atoms with E-state index in [1.165, 1.54) is 6.20 Å². The van der Waals surface area contributed by atoms with Crippen molar-refractivity contribution in [1.82, 2.24) is 15.4 Å². The second kappa shape index (κ2) is 2.81. The zero-order valence-corrected chi connectivity index (χ0v) is 7.64. The standard InChI is InChI=1S/C9H11N3O2/c13-9(8-1-2-11-14-8)12-4-6-3-10-7(6)5-12/h1-2,6-7,10H,3-5H2. The van der Waals surface area contributed by atoms with Gasteiger partial charge in [-0.25, -0.2) is 0 Å². The molecule has 0 saturated carbocycles. The topological polar surface area (TPSA) is 58.4 Å². The average Bonchev–Trinajstić information content (AvgIpc) is 2.75. The first-order chi connectivity index (χ1) is 6.84. The van der Waals surface area contributed by atoms with E-state index in [1.54, 1.807) is 6.07 Å². The molecule has 2 unspecified atom stereocenters. The summed E-state index contributed by atoms with van der Waals surface area (Å²) in [7, 11) is 0. The summed E-state index contributed by atoms with van der Waals surface area (Å²) in [6, 6.07) is 2.11. The number of nitrogens with zero attached hydrogens (tertiary/aromatic N) is 2. The summed E-state index contributed by atoms with van der Waals surface area (Å²) < 4.78 is 4.84. The predicted octanol–water partition coefficient (Wildman–Crippen LogP) is -0.282. The van der Waals surface area contributed by atoms with E-state index in [0.29, 0.717) is 17.7 Å². The number of amides is 1. The Hall–Kier alpha value is -1.36. The summed E-state index contributed by atoms with van der Waals surface area (Å²) >= 11 is 0. The lowest BCUT2D eigenvalue weighted by atomic mass is 9.96. The molecule has 1 N–H and O–H groups in total. The number of hydrogen-bond acceptors (Lipinski definition) is 4. The van der Waals surface area contributed by atoms with Gasteiger partial charge in [-0.1, -0.05) is 5.16 Å². The van der Waals surface area contributed by atoms with E-state index in [1.807, 2.05) is 4.90 Å². The summed E-state index contributed by atoms with van der Waals surface area (Å²) in [5, 5.41) is 6.83. The molecule has 14 heavy (non-hydrogen) atoms. The van der Waals surface area contributed by atoms with Crippen LogP contribution in [0, 0.1) is 5.92 Å². The van der Waals surface area contributed by atoms with Crippen molar-refractivity contribution in [1.29, 1.82) is 0 Å². The molecule has 0 aromatic carbocycles. The Morgan fingerprint density at radius 3 is 3.07 bits per heavy atom. The first kappa shape index (κ1) is 7.99. The zero-order chi connectivity index (χ0) is 9.54. The van der Waals surface area contributed by atoms with Crippen LogP contribution in [0.4, 0.5) is 0 Å². The number of fused-ring (bicyclic) bond motifs is 1. The van der Waals surface area contributed by atoms with Crippen molar-refractivity contribution >= 4 is 5.91 Å². The molecule has 5 nitrogen and oxygen atoms in total. The molecule has 0 spiro atoms. The summed E-state index contributed by atoms with van der Waals surface area (Å²) in [6.45, 7) is 2.67. The average molecular weight is 193 g/mol. The molecule has 2 fully saturated rings. The maximum absolute atomic E-state index is 11.8. The van der Waals surface area contributed by atoms with Crippen LogP contribution < -0.4 is 5.32 Å². The molecule has 2 aliphatic rings. The molecule has 2 saturated heterocycles. The second-order valence-electron chi connectivity index (χ2n) is 3.86. The maximum atomic E-state index is 11.8. The fraction of sp³-hybridized carbons (Fsp3) is 0.556. The molecule has 5 heteroatoms. The highest BCUT2D eigenvalue weighted by molar-refractivity contribution is 5.91. The Balaban J connectivity index is 1.74. The third kappa shape index (κ3) is 1.05. The van der Waals surface area contributed by atoms with Gasteiger partial charge in [0.15, 0.2) is 0 Å². The molecule has 3 heterocycles. The Morgan fingerprint density at radius 1 is 1.64 bits per heavy atom. The molecular weight excluding hydrogens is 182 g/mol. The highest BCUT2D eigenvalue weighted by Crippen LogP contribution is 2.24. The molecule has 2 aliphatic heterocycles. The fourth-order valence-corrected chi connectivity index (χ4v) is 2.10. The molecule has 0 bridgehead atoms. The van der Waals surface area contributed by atoms with Crippen LogP contribution >= 0.6 is 0 Å². The number of hydrogen-bond donors (Lipinski definition) is 1. The van der Waals surface area contributed by atoms with Crippen LogP contribution in [-0.2, 0) is 0 Å². The van der Waals surface area contributed by atoms with Gasteiger partial charge >= 0.3 is 0 Å². The summed E-state index contributed by atoms with van der Waals surface area (Å²) in [5.41, 5.74) is 0. The lowest BCUT2D eigenvalue weighted by Crippen LogP contribution is -2.51. The van der Waals surface area contributed by atoms with E-state index < -0.39 is 0 Å². The summed E-state index contributed by atoms with van der Waals surface area (Å²) in [4.78, 5) is 13.6. The van der Waals surface area contributed by atoms with Crippen molar-refractivity contribution in [3.05, 3.63) is 18.0 Å². The van der Waals surface area contributed by atoms with Crippen LogP contribution in [0.5, 0.6) is 0 Å². The molecule has 0 radical (unpaired) electrons. The molecule has 2 atom stereocenters.